The second kappa shape index (κ2) is 8.66. The minimum Gasteiger partial charge on any atom is -0.496 e. The minimum absolute atomic E-state index is 0.0113. The maximum Gasteiger partial charge on any atom is 0.325 e. The Balaban J connectivity index is 1.53. The third-order valence-corrected chi connectivity index (χ3v) is 8.06. The molecule has 1 spiro atoms. The quantitative estimate of drug-likeness (QED) is 0.712. The number of piperidine rings is 1. The summed E-state index contributed by atoms with van der Waals surface area (Å²) in [4.78, 5) is 35.6. The summed E-state index contributed by atoms with van der Waals surface area (Å²) < 4.78 is 11.4. The summed E-state index contributed by atoms with van der Waals surface area (Å²) in [5.74, 6) is 1.62. The van der Waals surface area contributed by atoms with Crippen LogP contribution in [0, 0.1) is 6.92 Å². The molecule has 4 heterocycles. The molecule has 0 saturated carbocycles. The Bertz CT molecular complexity index is 1180. The van der Waals surface area contributed by atoms with E-state index in [1.54, 1.807) is 20.4 Å². The fraction of sp³-hybridized carbons (Fsp3) is 0.481. The molecular weight excluding hydrogens is 444 g/mol. The van der Waals surface area contributed by atoms with Crippen LogP contribution in [0.4, 0.5) is 4.79 Å². The number of urea groups is 1. The van der Waals surface area contributed by atoms with Gasteiger partial charge in [-0.1, -0.05) is 13.0 Å². The third-order valence-electron chi connectivity index (χ3n) is 8.06. The summed E-state index contributed by atoms with van der Waals surface area (Å²) >= 11 is 0. The van der Waals surface area contributed by atoms with Gasteiger partial charge in [0, 0.05) is 49.1 Å². The van der Waals surface area contributed by atoms with Crippen molar-refractivity contribution in [3.63, 3.8) is 0 Å². The maximum atomic E-state index is 13.8. The highest BCUT2D eigenvalue weighted by atomic mass is 16.5. The average molecular weight is 479 g/mol. The molecule has 1 aromatic carbocycles. The number of likely N-dealkylation sites (tertiary alicyclic amines) is 1. The number of amides is 3. The summed E-state index contributed by atoms with van der Waals surface area (Å²) in [6.07, 6.45) is 5.44. The number of nitrogens with zero attached hydrogens (tertiary/aromatic N) is 3. The van der Waals surface area contributed by atoms with Crippen LogP contribution in [-0.4, -0.2) is 71.0 Å². The number of fused-ring (bicyclic) bond motifs is 3. The lowest BCUT2D eigenvalue weighted by Gasteiger charge is -2.44. The first kappa shape index (κ1) is 23.3. The Labute approximate surface area is 206 Å². The Morgan fingerprint density at radius 1 is 1.20 bits per heavy atom. The van der Waals surface area contributed by atoms with Crippen LogP contribution in [-0.2, 0) is 6.54 Å². The number of aromatic nitrogens is 1. The van der Waals surface area contributed by atoms with E-state index in [0.29, 0.717) is 44.7 Å². The molecule has 3 amide bonds. The molecule has 1 aromatic heterocycles. The van der Waals surface area contributed by atoms with Crippen molar-refractivity contribution in [3.05, 3.63) is 58.6 Å². The number of carbonyl (C=O) groups is 2. The van der Waals surface area contributed by atoms with Gasteiger partial charge in [0.2, 0.25) is 0 Å². The molecule has 0 bridgehead atoms. The van der Waals surface area contributed by atoms with Crippen molar-refractivity contribution in [1.82, 2.24) is 19.7 Å². The monoisotopic (exact) mass is 478 g/mol. The number of carbonyl (C=O) groups excluding carboxylic acids is 2. The van der Waals surface area contributed by atoms with Crippen LogP contribution in [0.15, 0.2) is 36.2 Å². The van der Waals surface area contributed by atoms with Crippen LogP contribution < -0.4 is 9.47 Å². The van der Waals surface area contributed by atoms with E-state index in [4.69, 9.17) is 9.47 Å². The number of benzene rings is 1. The van der Waals surface area contributed by atoms with Crippen LogP contribution in [0.3, 0.4) is 0 Å². The number of hydrogen-bond donors (Lipinski definition) is 1. The van der Waals surface area contributed by atoms with Crippen molar-refractivity contribution in [2.45, 2.75) is 51.6 Å². The molecule has 3 aliphatic heterocycles. The van der Waals surface area contributed by atoms with Crippen LogP contribution in [0.5, 0.6) is 11.5 Å². The molecule has 3 aliphatic rings. The number of nitrogens with one attached hydrogen (secondary N) is 1. The molecule has 1 atom stereocenters. The van der Waals surface area contributed by atoms with Crippen LogP contribution in [0.25, 0.3) is 0 Å². The molecule has 1 N–H and O–H groups in total. The van der Waals surface area contributed by atoms with E-state index in [9.17, 15) is 9.59 Å². The standard InChI is InChI=1S/C27H34N4O4/c1-6-31-26(33)30-16-19-18(3)21(34-4)15-22(35-5)24(19)17(2)14-23(30)27(31)9-12-29(13-10-27)25(32)20-8-7-11-28-20/h7-8,11,14-15,17,28H,6,9-10,12-13,16H2,1-5H3/t17-/m0/s1. The molecule has 8 heteroatoms. The van der Waals surface area contributed by atoms with Crippen molar-refractivity contribution in [2.75, 3.05) is 33.9 Å². The molecule has 0 aliphatic carbocycles. The normalized spacial score (nSPS) is 20.9. The SMILES string of the molecule is CCN1C(=O)N2Cc3c(C)c(OC)cc(OC)c3[C@@H](C)C=C2C12CCN(C(=O)c1ccc[nH]1)CC2. The largest absolute Gasteiger partial charge is 0.496 e. The van der Waals surface area contributed by atoms with E-state index in [-0.39, 0.29) is 17.9 Å². The Morgan fingerprint density at radius 3 is 2.51 bits per heavy atom. The fourth-order valence-electron chi connectivity index (χ4n) is 6.26. The van der Waals surface area contributed by atoms with Gasteiger partial charge in [0.05, 0.1) is 26.3 Å². The van der Waals surface area contributed by atoms with Crippen molar-refractivity contribution in [3.8, 4) is 11.5 Å². The number of likely N-dealkylation sites (N-methyl/N-ethyl adjacent to an activating group) is 1. The number of ether oxygens (including phenoxy) is 2. The predicted molar refractivity (Wildman–Crippen MR) is 133 cm³/mol. The summed E-state index contributed by atoms with van der Waals surface area (Å²) in [6, 6.07) is 5.62. The lowest BCUT2D eigenvalue weighted by atomic mass is 9.82. The Kier molecular flexibility index (Phi) is 5.77. The molecule has 2 fully saturated rings. The molecule has 8 nitrogen and oxygen atoms in total. The summed E-state index contributed by atoms with van der Waals surface area (Å²) in [6.45, 7) is 8.56. The van der Waals surface area contributed by atoms with Gasteiger partial charge in [-0.05, 0) is 49.9 Å². The Morgan fingerprint density at radius 2 is 1.91 bits per heavy atom. The highest BCUT2D eigenvalue weighted by Gasteiger charge is 2.55. The van der Waals surface area contributed by atoms with Gasteiger partial charge in [-0.2, -0.15) is 0 Å². The minimum atomic E-state index is -0.417. The van der Waals surface area contributed by atoms with Gasteiger partial charge >= 0.3 is 6.03 Å². The van der Waals surface area contributed by atoms with Crippen molar-refractivity contribution in [1.29, 1.82) is 0 Å². The van der Waals surface area contributed by atoms with Crippen LogP contribution in [0.1, 0.15) is 59.8 Å². The first-order valence-electron chi connectivity index (χ1n) is 12.3. The summed E-state index contributed by atoms with van der Waals surface area (Å²) in [5, 5.41) is 0. The molecule has 186 valence electrons. The molecule has 35 heavy (non-hydrogen) atoms. The van der Waals surface area contributed by atoms with Gasteiger partial charge in [0.15, 0.2) is 0 Å². The zero-order valence-corrected chi connectivity index (χ0v) is 21.2. The number of hydrogen-bond acceptors (Lipinski definition) is 4. The number of rotatable bonds is 4. The zero-order valence-electron chi connectivity index (χ0n) is 21.2. The lowest BCUT2D eigenvalue weighted by Crippen LogP contribution is -2.54. The molecule has 5 rings (SSSR count). The van der Waals surface area contributed by atoms with Crippen molar-refractivity contribution >= 4 is 11.9 Å². The van der Waals surface area contributed by atoms with Gasteiger partial charge in [-0.3, -0.25) is 9.69 Å². The van der Waals surface area contributed by atoms with E-state index in [2.05, 4.69) is 18.0 Å². The van der Waals surface area contributed by atoms with Gasteiger partial charge in [0.1, 0.15) is 17.2 Å². The second-order valence-electron chi connectivity index (χ2n) is 9.66. The van der Waals surface area contributed by atoms with Crippen molar-refractivity contribution in [2.24, 2.45) is 0 Å². The average Bonchev–Trinajstić information content (AvgIpc) is 3.43. The van der Waals surface area contributed by atoms with Gasteiger partial charge in [0.25, 0.3) is 5.91 Å². The number of aromatic amines is 1. The molecule has 2 saturated heterocycles. The lowest BCUT2D eigenvalue weighted by molar-refractivity contribution is 0.0571. The van der Waals surface area contributed by atoms with Crippen molar-refractivity contribution < 1.29 is 19.1 Å². The highest BCUT2D eigenvalue weighted by Crippen LogP contribution is 2.49. The van der Waals surface area contributed by atoms with Gasteiger partial charge in [-0.25, -0.2) is 4.79 Å². The Hall–Kier alpha value is -3.42. The van der Waals surface area contributed by atoms with E-state index < -0.39 is 5.54 Å². The molecule has 2 aromatic rings. The fourth-order valence-corrected chi connectivity index (χ4v) is 6.26. The number of methoxy groups -OCH3 is 2. The predicted octanol–water partition coefficient (Wildman–Crippen LogP) is 4.27. The topological polar surface area (TPSA) is 78.1 Å². The third kappa shape index (κ3) is 3.41. The van der Waals surface area contributed by atoms with Crippen LogP contribution in [0.2, 0.25) is 0 Å². The van der Waals surface area contributed by atoms with E-state index in [1.165, 1.54) is 0 Å². The highest BCUT2D eigenvalue weighted by molar-refractivity contribution is 5.92. The molecule has 0 unspecified atom stereocenters. The maximum absolute atomic E-state index is 13.8. The van der Waals surface area contributed by atoms with Crippen LogP contribution >= 0.6 is 0 Å². The first-order chi connectivity index (χ1) is 16.9. The number of H-pyrrole nitrogens is 1. The van der Waals surface area contributed by atoms with Gasteiger partial charge in [-0.15, -0.1) is 0 Å². The first-order valence-corrected chi connectivity index (χ1v) is 12.3. The summed E-state index contributed by atoms with van der Waals surface area (Å²) in [7, 11) is 3.34. The van der Waals surface area contributed by atoms with Gasteiger partial charge < -0.3 is 24.3 Å². The molecular formula is C27H34N4O4. The smallest absolute Gasteiger partial charge is 0.325 e. The second-order valence-corrected chi connectivity index (χ2v) is 9.66. The van der Waals surface area contributed by atoms with E-state index in [1.807, 2.05) is 46.7 Å². The number of allylic oxidation sites excluding steroid dienone is 1. The molecule has 0 radical (unpaired) electrons. The zero-order chi connectivity index (χ0) is 24.9. The summed E-state index contributed by atoms with van der Waals surface area (Å²) in [5.41, 5.74) is 4.47. The van der Waals surface area contributed by atoms with E-state index >= 15 is 0 Å². The van der Waals surface area contributed by atoms with E-state index in [0.717, 1.165) is 33.9 Å².